The number of nitrogens with zero attached hydrogens (tertiary/aromatic N) is 3. The molecule has 0 spiro atoms. The Morgan fingerprint density at radius 1 is 1.06 bits per heavy atom. The van der Waals surface area contributed by atoms with Crippen molar-refractivity contribution in [1.29, 1.82) is 0 Å². The minimum absolute atomic E-state index is 0.0356. The van der Waals surface area contributed by atoms with Gasteiger partial charge in [-0.15, -0.1) is 4.79 Å². The van der Waals surface area contributed by atoms with Crippen molar-refractivity contribution in [2.24, 2.45) is 0 Å². The SMILES string of the molecule is O=C(Cc1ccc(Cl)cc1)Nn1nc(CN(C(=O)O)C2CCCCC2)c2ccccc2c1=O. The second kappa shape index (κ2) is 10.0. The zero-order chi connectivity index (χ0) is 23.4. The zero-order valence-electron chi connectivity index (χ0n) is 18.0. The van der Waals surface area contributed by atoms with Crippen LogP contribution in [0.25, 0.3) is 10.8 Å². The summed E-state index contributed by atoms with van der Waals surface area (Å²) in [6.45, 7) is 0.0356. The monoisotopic (exact) mass is 468 g/mol. The number of fused-ring (bicyclic) bond motifs is 1. The normalized spacial score (nSPS) is 14.2. The van der Waals surface area contributed by atoms with Crippen molar-refractivity contribution < 1.29 is 14.7 Å². The van der Waals surface area contributed by atoms with E-state index in [1.807, 2.05) is 0 Å². The lowest BCUT2D eigenvalue weighted by molar-refractivity contribution is -0.116. The Bertz CT molecular complexity index is 1220. The molecule has 172 valence electrons. The van der Waals surface area contributed by atoms with Crippen molar-refractivity contribution in [3.63, 3.8) is 0 Å². The number of carbonyl (C=O) groups is 2. The number of aromatic nitrogens is 2. The summed E-state index contributed by atoms with van der Waals surface area (Å²) >= 11 is 5.89. The summed E-state index contributed by atoms with van der Waals surface area (Å²) in [4.78, 5) is 39.9. The van der Waals surface area contributed by atoms with Crippen molar-refractivity contribution >= 4 is 34.4 Å². The smallest absolute Gasteiger partial charge is 0.407 e. The van der Waals surface area contributed by atoms with Gasteiger partial charge in [-0.05, 0) is 36.6 Å². The summed E-state index contributed by atoms with van der Waals surface area (Å²) in [7, 11) is 0. The van der Waals surface area contributed by atoms with Gasteiger partial charge in [0.15, 0.2) is 0 Å². The Balaban J connectivity index is 1.64. The quantitative estimate of drug-likeness (QED) is 0.564. The van der Waals surface area contributed by atoms with Crippen molar-refractivity contribution in [2.45, 2.75) is 51.1 Å². The largest absolute Gasteiger partial charge is 0.465 e. The van der Waals surface area contributed by atoms with Crippen LogP contribution in [-0.2, 0) is 17.8 Å². The standard InChI is InChI=1S/C24H25ClN4O4/c25-17-12-10-16(11-13-17)14-22(30)27-29-23(31)20-9-5-4-8-19(20)21(26-29)15-28(24(32)33)18-6-2-1-3-7-18/h4-5,8-13,18H,1-3,6-7,14-15H2,(H,27,30)(H,32,33). The van der Waals surface area contributed by atoms with Crippen molar-refractivity contribution in [3.05, 3.63) is 75.2 Å². The highest BCUT2D eigenvalue weighted by molar-refractivity contribution is 6.30. The minimum atomic E-state index is -1.02. The first kappa shape index (κ1) is 22.8. The van der Waals surface area contributed by atoms with E-state index < -0.39 is 17.6 Å². The summed E-state index contributed by atoms with van der Waals surface area (Å²) < 4.78 is 0. The van der Waals surface area contributed by atoms with Crippen LogP contribution < -0.4 is 11.0 Å². The fourth-order valence-corrected chi connectivity index (χ4v) is 4.43. The van der Waals surface area contributed by atoms with Crippen molar-refractivity contribution in [3.8, 4) is 0 Å². The topological polar surface area (TPSA) is 105 Å². The Labute approximate surface area is 195 Å². The lowest BCUT2D eigenvalue weighted by Gasteiger charge is -2.32. The van der Waals surface area contributed by atoms with E-state index >= 15 is 0 Å². The van der Waals surface area contributed by atoms with Crippen LogP contribution in [0.2, 0.25) is 5.02 Å². The van der Waals surface area contributed by atoms with E-state index in [9.17, 15) is 19.5 Å². The first-order valence-corrected chi connectivity index (χ1v) is 11.3. The molecule has 0 radical (unpaired) electrons. The minimum Gasteiger partial charge on any atom is -0.465 e. The molecule has 2 N–H and O–H groups in total. The lowest BCUT2D eigenvalue weighted by Crippen LogP contribution is -2.42. The zero-order valence-corrected chi connectivity index (χ0v) is 18.8. The maximum atomic E-state index is 13.0. The highest BCUT2D eigenvalue weighted by atomic mass is 35.5. The van der Waals surface area contributed by atoms with Crippen LogP contribution >= 0.6 is 11.6 Å². The number of benzene rings is 2. The average molecular weight is 469 g/mol. The molecule has 0 saturated heterocycles. The van der Waals surface area contributed by atoms with Gasteiger partial charge < -0.3 is 5.11 Å². The molecule has 1 aliphatic carbocycles. The number of hydrogen-bond acceptors (Lipinski definition) is 4. The van der Waals surface area contributed by atoms with Crippen molar-refractivity contribution in [2.75, 3.05) is 5.43 Å². The molecular weight excluding hydrogens is 444 g/mol. The summed E-state index contributed by atoms with van der Waals surface area (Å²) in [6.07, 6.45) is 3.72. The van der Waals surface area contributed by atoms with Gasteiger partial charge in [-0.3, -0.25) is 14.5 Å². The Hall–Kier alpha value is -3.39. The van der Waals surface area contributed by atoms with Gasteiger partial charge in [0.25, 0.3) is 5.56 Å². The molecule has 1 aliphatic rings. The highest BCUT2D eigenvalue weighted by Gasteiger charge is 2.27. The third-order valence-electron chi connectivity index (χ3n) is 5.97. The van der Waals surface area contributed by atoms with Gasteiger partial charge in [0.05, 0.1) is 24.0 Å². The van der Waals surface area contributed by atoms with Crippen LogP contribution in [0.1, 0.15) is 43.4 Å². The Morgan fingerprint density at radius 3 is 2.39 bits per heavy atom. The molecule has 0 unspecified atom stereocenters. The summed E-state index contributed by atoms with van der Waals surface area (Å²) in [5.74, 6) is -0.421. The number of nitrogens with one attached hydrogen (secondary N) is 1. The third-order valence-corrected chi connectivity index (χ3v) is 6.22. The summed E-state index contributed by atoms with van der Waals surface area (Å²) in [5.41, 5.74) is 3.23. The van der Waals surface area contributed by atoms with Crippen LogP contribution in [0.5, 0.6) is 0 Å². The van der Waals surface area contributed by atoms with Gasteiger partial charge in [0, 0.05) is 16.5 Å². The van der Waals surface area contributed by atoms with Crippen LogP contribution in [0, 0.1) is 0 Å². The second-order valence-electron chi connectivity index (χ2n) is 8.25. The van der Waals surface area contributed by atoms with E-state index in [0.29, 0.717) is 21.5 Å². The molecule has 2 aromatic carbocycles. The fraction of sp³-hybridized carbons (Fsp3) is 0.333. The fourth-order valence-electron chi connectivity index (χ4n) is 4.30. The maximum absolute atomic E-state index is 13.0. The molecule has 4 rings (SSSR count). The van der Waals surface area contributed by atoms with Crippen LogP contribution in [0.3, 0.4) is 0 Å². The van der Waals surface area contributed by atoms with Crippen LogP contribution in [0.15, 0.2) is 53.3 Å². The predicted molar refractivity (Wildman–Crippen MR) is 126 cm³/mol. The molecule has 3 aromatic rings. The van der Waals surface area contributed by atoms with Gasteiger partial charge in [-0.1, -0.05) is 61.2 Å². The van der Waals surface area contributed by atoms with E-state index in [4.69, 9.17) is 11.6 Å². The molecule has 1 aromatic heterocycles. The Morgan fingerprint density at radius 2 is 1.73 bits per heavy atom. The highest BCUT2D eigenvalue weighted by Crippen LogP contribution is 2.25. The third kappa shape index (κ3) is 5.34. The predicted octanol–water partition coefficient (Wildman–Crippen LogP) is 4.18. The molecular formula is C24H25ClN4O4. The molecule has 2 amide bonds. The first-order valence-electron chi connectivity index (χ1n) is 11.0. The van der Waals surface area contributed by atoms with E-state index in [0.717, 1.165) is 42.5 Å². The molecule has 1 fully saturated rings. The van der Waals surface area contributed by atoms with E-state index in [1.54, 1.807) is 48.5 Å². The number of amides is 2. The Kier molecular flexibility index (Phi) is 6.93. The summed E-state index contributed by atoms with van der Waals surface area (Å²) in [6, 6.07) is 13.7. The molecule has 1 saturated carbocycles. The molecule has 33 heavy (non-hydrogen) atoms. The molecule has 1 heterocycles. The van der Waals surface area contributed by atoms with Gasteiger partial charge >= 0.3 is 6.09 Å². The maximum Gasteiger partial charge on any atom is 0.407 e. The van der Waals surface area contributed by atoms with Crippen LogP contribution in [0.4, 0.5) is 4.79 Å². The van der Waals surface area contributed by atoms with Crippen LogP contribution in [-0.4, -0.2) is 37.9 Å². The molecule has 0 atom stereocenters. The van der Waals surface area contributed by atoms with Crippen molar-refractivity contribution in [1.82, 2.24) is 14.8 Å². The molecule has 9 heteroatoms. The van der Waals surface area contributed by atoms with E-state index in [2.05, 4.69) is 10.5 Å². The van der Waals surface area contributed by atoms with Gasteiger partial charge in [-0.25, -0.2) is 10.2 Å². The van der Waals surface area contributed by atoms with Gasteiger partial charge in [0.2, 0.25) is 5.91 Å². The average Bonchev–Trinajstić information content (AvgIpc) is 2.82. The second-order valence-corrected chi connectivity index (χ2v) is 8.69. The van der Waals surface area contributed by atoms with Gasteiger partial charge in [-0.2, -0.15) is 5.10 Å². The first-order chi connectivity index (χ1) is 15.9. The number of hydrogen-bond donors (Lipinski definition) is 2. The summed E-state index contributed by atoms with van der Waals surface area (Å²) in [5, 5.41) is 15.7. The van der Waals surface area contributed by atoms with Gasteiger partial charge in [0.1, 0.15) is 0 Å². The number of carboxylic acid groups (broad SMARTS) is 1. The molecule has 8 nitrogen and oxygen atoms in total. The lowest BCUT2D eigenvalue weighted by atomic mass is 9.94. The number of carbonyl (C=O) groups excluding carboxylic acids is 1. The van der Waals surface area contributed by atoms with E-state index in [1.165, 1.54) is 4.90 Å². The number of rotatable bonds is 6. The molecule has 0 bridgehead atoms. The van der Waals surface area contributed by atoms with E-state index in [-0.39, 0.29) is 19.0 Å². The molecule has 0 aliphatic heterocycles. The number of halogens is 1.